The highest BCUT2D eigenvalue weighted by molar-refractivity contribution is 6.30. The minimum Gasteiger partial charge on any atom is -0.484 e. The number of amides is 1. The molecule has 0 N–H and O–H groups in total. The number of hydrogen-bond donors (Lipinski definition) is 0. The van der Waals surface area contributed by atoms with Gasteiger partial charge in [-0.1, -0.05) is 60.1 Å². The molecule has 0 bridgehead atoms. The highest BCUT2D eigenvalue weighted by Gasteiger charge is 2.25. The van der Waals surface area contributed by atoms with Gasteiger partial charge in [0.2, 0.25) is 0 Å². The van der Waals surface area contributed by atoms with Crippen molar-refractivity contribution < 1.29 is 9.53 Å². The topological polar surface area (TPSA) is 76.4 Å². The summed E-state index contributed by atoms with van der Waals surface area (Å²) in [6.45, 7) is 4.66. The third-order valence-electron chi connectivity index (χ3n) is 7.26. The van der Waals surface area contributed by atoms with Gasteiger partial charge in [-0.3, -0.25) is 4.79 Å². The van der Waals surface area contributed by atoms with Crippen molar-refractivity contribution in [2.75, 3.05) is 37.7 Å². The molecule has 6 rings (SSSR count). The Hall–Kier alpha value is -4.43. The number of halogens is 1. The van der Waals surface area contributed by atoms with E-state index in [0.29, 0.717) is 36.8 Å². The number of ether oxygens (including phenoxy) is 1. The molecule has 0 unspecified atom stereocenters. The number of carbonyl (C=O) groups excluding carboxylic acids is 1. The van der Waals surface area contributed by atoms with Crippen LogP contribution in [0.15, 0.2) is 84.9 Å². The number of aryl methyl sites for hydroxylation is 1. The van der Waals surface area contributed by atoms with Crippen LogP contribution in [0.5, 0.6) is 5.75 Å². The molecule has 1 fully saturated rings. The summed E-state index contributed by atoms with van der Waals surface area (Å²) in [5.41, 5.74) is 3.76. The van der Waals surface area contributed by atoms with Gasteiger partial charge in [-0.2, -0.15) is 5.10 Å². The molecule has 1 aliphatic rings. The summed E-state index contributed by atoms with van der Waals surface area (Å²) < 4.78 is 7.63. The van der Waals surface area contributed by atoms with Gasteiger partial charge in [0.15, 0.2) is 12.3 Å². The Morgan fingerprint density at radius 1 is 0.878 bits per heavy atom. The van der Waals surface area contributed by atoms with Gasteiger partial charge in [0, 0.05) is 37.6 Å². The summed E-state index contributed by atoms with van der Waals surface area (Å²) >= 11 is 5.96. The number of hydrogen-bond acceptors (Lipinski definition) is 6. The molecule has 41 heavy (non-hydrogen) atoms. The van der Waals surface area contributed by atoms with Crippen molar-refractivity contribution >= 4 is 34.4 Å². The van der Waals surface area contributed by atoms with Crippen molar-refractivity contribution in [3.63, 3.8) is 0 Å². The smallest absolute Gasteiger partial charge is 0.260 e. The van der Waals surface area contributed by atoms with E-state index in [9.17, 15) is 4.79 Å². The van der Waals surface area contributed by atoms with E-state index in [-0.39, 0.29) is 12.5 Å². The van der Waals surface area contributed by atoms with Gasteiger partial charge in [0.1, 0.15) is 17.4 Å². The van der Waals surface area contributed by atoms with Crippen LogP contribution in [0.25, 0.3) is 16.7 Å². The lowest BCUT2D eigenvalue weighted by molar-refractivity contribution is -0.133. The molecule has 0 spiro atoms. The minimum absolute atomic E-state index is 0.0104. The number of aromatic nitrogens is 4. The van der Waals surface area contributed by atoms with Gasteiger partial charge in [-0.25, -0.2) is 14.6 Å². The average molecular weight is 567 g/mol. The van der Waals surface area contributed by atoms with Crippen LogP contribution in [0.1, 0.15) is 23.5 Å². The highest BCUT2D eigenvalue weighted by atomic mass is 35.5. The lowest BCUT2D eigenvalue weighted by Gasteiger charge is -2.24. The van der Waals surface area contributed by atoms with Crippen LogP contribution in [0.3, 0.4) is 0 Å². The summed E-state index contributed by atoms with van der Waals surface area (Å²) in [4.78, 5) is 27.3. The fraction of sp³-hybridized carbons (Fsp3) is 0.250. The zero-order chi connectivity index (χ0) is 28.2. The molecule has 3 aromatic carbocycles. The monoisotopic (exact) mass is 566 g/mol. The fourth-order valence-corrected chi connectivity index (χ4v) is 5.31. The number of benzene rings is 3. The Labute approximate surface area is 244 Å². The molecule has 1 amide bonds. The summed E-state index contributed by atoms with van der Waals surface area (Å²) in [7, 11) is 0. The zero-order valence-corrected chi connectivity index (χ0v) is 23.7. The Morgan fingerprint density at radius 3 is 2.37 bits per heavy atom. The van der Waals surface area contributed by atoms with Crippen LogP contribution in [0, 0.1) is 6.92 Å². The maximum Gasteiger partial charge on any atom is 0.260 e. The highest BCUT2D eigenvalue weighted by Crippen LogP contribution is 2.30. The minimum atomic E-state index is -0.0347. The number of anilines is 1. The molecular weight excluding hydrogens is 536 g/mol. The van der Waals surface area contributed by atoms with Crippen molar-refractivity contribution in [3.05, 3.63) is 107 Å². The summed E-state index contributed by atoms with van der Waals surface area (Å²) in [6, 6.07) is 27.4. The predicted molar refractivity (Wildman–Crippen MR) is 161 cm³/mol. The van der Waals surface area contributed by atoms with E-state index in [1.165, 1.54) is 0 Å². The van der Waals surface area contributed by atoms with Gasteiger partial charge in [0.25, 0.3) is 5.91 Å². The molecule has 2 aromatic heterocycles. The van der Waals surface area contributed by atoms with Gasteiger partial charge in [0.05, 0.1) is 16.8 Å². The van der Waals surface area contributed by atoms with Gasteiger partial charge in [-0.05, 0) is 55.3 Å². The van der Waals surface area contributed by atoms with Crippen LogP contribution in [0.2, 0.25) is 5.02 Å². The second-order valence-corrected chi connectivity index (χ2v) is 10.6. The molecular formula is C32H31ClN6O2. The third-order valence-corrected chi connectivity index (χ3v) is 7.51. The first-order chi connectivity index (χ1) is 20.0. The molecule has 0 aliphatic carbocycles. The molecule has 0 radical (unpaired) electrons. The normalized spacial score (nSPS) is 13.8. The molecule has 3 heterocycles. The van der Waals surface area contributed by atoms with Crippen LogP contribution in [0.4, 0.5) is 5.82 Å². The molecule has 1 aliphatic heterocycles. The first kappa shape index (κ1) is 26.8. The van der Waals surface area contributed by atoms with Gasteiger partial charge < -0.3 is 14.5 Å². The molecule has 9 heteroatoms. The van der Waals surface area contributed by atoms with E-state index >= 15 is 0 Å². The lowest BCUT2D eigenvalue weighted by atomic mass is 10.1. The van der Waals surface area contributed by atoms with Crippen molar-refractivity contribution in [2.45, 2.75) is 19.8 Å². The summed E-state index contributed by atoms with van der Waals surface area (Å²) in [6.07, 6.45) is 1.43. The van der Waals surface area contributed by atoms with Crippen molar-refractivity contribution in [1.82, 2.24) is 24.6 Å². The van der Waals surface area contributed by atoms with Crippen LogP contribution < -0.4 is 9.64 Å². The maximum absolute atomic E-state index is 13.0. The molecule has 1 saturated heterocycles. The molecule has 5 aromatic rings. The number of rotatable bonds is 7. The summed E-state index contributed by atoms with van der Waals surface area (Å²) in [5.74, 6) is 2.20. The Bertz CT molecular complexity index is 1640. The fourth-order valence-electron chi connectivity index (χ4n) is 5.19. The van der Waals surface area contributed by atoms with Gasteiger partial charge in [-0.15, -0.1) is 0 Å². The van der Waals surface area contributed by atoms with E-state index in [1.807, 2.05) is 65.0 Å². The lowest BCUT2D eigenvalue weighted by Crippen LogP contribution is -2.38. The van der Waals surface area contributed by atoms with Crippen LogP contribution >= 0.6 is 11.6 Å². The number of fused-ring (bicyclic) bond motifs is 1. The zero-order valence-electron chi connectivity index (χ0n) is 22.9. The molecule has 0 saturated carbocycles. The van der Waals surface area contributed by atoms with Crippen molar-refractivity contribution in [2.24, 2.45) is 0 Å². The second-order valence-electron chi connectivity index (χ2n) is 10.1. The van der Waals surface area contributed by atoms with Crippen LogP contribution in [-0.2, 0) is 11.2 Å². The standard InChI is InChI=1S/C32H31ClN6O2/c1-23-30-31(38-18-8-17-37(19-20-38)29(40)22-41-27-15-13-25(33)14-16-27)34-28(21-24-9-4-2-5-10-24)35-32(30)39(36-23)26-11-6-3-7-12-26/h2-7,9-16H,8,17-22H2,1H3. The molecule has 208 valence electrons. The Kier molecular flexibility index (Phi) is 7.82. The van der Waals surface area contributed by atoms with Gasteiger partial charge >= 0.3 is 0 Å². The van der Waals surface area contributed by atoms with Crippen molar-refractivity contribution in [1.29, 1.82) is 0 Å². The van der Waals surface area contributed by atoms with E-state index < -0.39 is 0 Å². The first-order valence-electron chi connectivity index (χ1n) is 13.8. The Balaban J connectivity index is 1.28. The van der Waals surface area contributed by atoms with E-state index in [0.717, 1.165) is 52.6 Å². The first-order valence-corrected chi connectivity index (χ1v) is 14.2. The quantitative estimate of drug-likeness (QED) is 0.259. The SMILES string of the molecule is Cc1nn(-c2ccccc2)c2nc(Cc3ccccc3)nc(N3CCCN(C(=O)COc4ccc(Cl)cc4)CC3)c12. The second kappa shape index (κ2) is 12.0. The largest absolute Gasteiger partial charge is 0.484 e. The predicted octanol–water partition coefficient (Wildman–Crippen LogP) is 5.49. The molecule has 0 atom stereocenters. The Morgan fingerprint density at radius 2 is 1.61 bits per heavy atom. The van der Waals surface area contributed by atoms with E-state index in [4.69, 9.17) is 31.4 Å². The van der Waals surface area contributed by atoms with E-state index in [2.05, 4.69) is 17.0 Å². The molecule has 8 nitrogen and oxygen atoms in total. The number of para-hydroxylation sites is 1. The van der Waals surface area contributed by atoms with Crippen LogP contribution in [-0.4, -0.2) is 63.3 Å². The third kappa shape index (κ3) is 6.02. The number of carbonyl (C=O) groups is 1. The van der Waals surface area contributed by atoms with Crippen molar-refractivity contribution in [3.8, 4) is 11.4 Å². The average Bonchev–Trinajstić information content (AvgIpc) is 3.16. The van der Waals surface area contributed by atoms with E-state index in [1.54, 1.807) is 24.3 Å². The summed E-state index contributed by atoms with van der Waals surface area (Å²) in [5, 5.41) is 6.46. The number of nitrogens with zero attached hydrogens (tertiary/aromatic N) is 6. The maximum atomic E-state index is 13.0.